The Morgan fingerprint density at radius 2 is 1.93 bits per heavy atom. The molecule has 150 valence electrons. The van der Waals surface area contributed by atoms with Crippen LogP contribution in [0, 0.1) is 0 Å². The van der Waals surface area contributed by atoms with Gasteiger partial charge < -0.3 is 19.5 Å². The largest absolute Gasteiger partial charge is 0.444 e. The molecule has 0 radical (unpaired) electrons. The van der Waals surface area contributed by atoms with Gasteiger partial charge in [-0.25, -0.2) is 0 Å². The zero-order valence-electron chi connectivity index (χ0n) is 16.4. The third-order valence-corrected chi connectivity index (χ3v) is 6.27. The van der Waals surface area contributed by atoms with Crippen LogP contribution < -0.4 is 10.2 Å². The average Bonchev–Trinajstić information content (AvgIpc) is 3.29. The van der Waals surface area contributed by atoms with E-state index in [1.54, 1.807) is 12.1 Å². The van der Waals surface area contributed by atoms with Crippen LogP contribution in [-0.4, -0.2) is 69.1 Å². The molecule has 0 aliphatic carbocycles. The van der Waals surface area contributed by atoms with Gasteiger partial charge in [0.25, 0.3) is 5.91 Å². The number of rotatable bonds is 5. The van der Waals surface area contributed by atoms with Crippen LogP contribution >= 0.6 is 15.9 Å². The number of carbonyl (C=O) groups excluding carboxylic acids is 1. The summed E-state index contributed by atoms with van der Waals surface area (Å²) in [7, 11) is 4.30. The van der Waals surface area contributed by atoms with Crippen molar-refractivity contribution in [3.63, 3.8) is 0 Å². The minimum atomic E-state index is -0.175. The number of anilines is 1. The predicted molar refractivity (Wildman–Crippen MR) is 114 cm³/mol. The lowest BCUT2D eigenvalue weighted by atomic mass is 10.00. The highest BCUT2D eigenvalue weighted by Crippen LogP contribution is 2.31. The molecule has 0 unspecified atom stereocenters. The summed E-state index contributed by atoms with van der Waals surface area (Å²) in [6.07, 6.45) is 1.09. The number of hydrogen-bond acceptors (Lipinski definition) is 5. The number of nitrogens with zero attached hydrogens (tertiary/aromatic N) is 3. The number of fused-ring (bicyclic) bond motifs is 1. The van der Waals surface area contributed by atoms with Crippen molar-refractivity contribution in [3.8, 4) is 0 Å². The molecule has 0 spiro atoms. The number of nitrogens with one attached hydrogen (secondary N) is 1. The van der Waals surface area contributed by atoms with Gasteiger partial charge in [0.15, 0.2) is 10.4 Å². The molecule has 4 rings (SSSR count). The minimum absolute atomic E-state index is 0.159. The molecule has 0 saturated carbocycles. The molecule has 1 aromatic carbocycles. The quantitative estimate of drug-likeness (QED) is 0.764. The van der Waals surface area contributed by atoms with Crippen LogP contribution in [0.2, 0.25) is 0 Å². The molecule has 1 aromatic heterocycles. The second-order valence-corrected chi connectivity index (χ2v) is 8.51. The van der Waals surface area contributed by atoms with Crippen molar-refractivity contribution < 1.29 is 9.21 Å². The second kappa shape index (κ2) is 8.27. The van der Waals surface area contributed by atoms with Crippen molar-refractivity contribution in [2.75, 3.05) is 58.3 Å². The minimum Gasteiger partial charge on any atom is -0.444 e. The Morgan fingerprint density at radius 3 is 2.64 bits per heavy atom. The molecule has 6 nitrogen and oxygen atoms in total. The molecule has 1 amide bonds. The number of furan rings is 1. The van der Waals surface area contributed by atoms with Gasteiger partial charge in [0.1, 0.15) is 0 Å². The van der Waals surface area contributed by atoms with Crippen molar-refractivity contribution in [1.82, 2.24) is 15.1 Å². The van der Waals surface area contributed by atoms with Crippen LogP contribution in [0.3, 0.4) is 0 Å². The number of hydrogen-bond donors (Lipinski definition) is 1. The van der Waals surface area contributed by atoms with Gasteiger partial charge in [0.05, 0.1) is 6.04 Å². The Balaban J connectivity index is 1.53. The average molecular weight is 447 g/mol. The third-order valence-electron chi connectivity index (χ3n) is 5.85. The molecule has 0 bridgehead atoms. The van der Waals surface area contributed by atoms with Crippen molar-refractivity contribution in [2.24, 2.45) is 0 Å². The SMILES string of the molecule is CN1CCN([C@H](CNC(=O)c2ccc(Br)o2)c2ccc3c(c2)CCN3C)CC1. The van der Waals surface area contributed by atoms with E-state index in [9.17, 15) is 4.79 Å². The predicted octanol–water partition coefficient (Wildman–Crippen LogP) is 2.75. The van der Waals surface area contributed by atoms with E-state index in [-0.39, 0.29) is 11.9 Å². The number of amides is 1. The van der Waals surface area contributed by atoms with Crippen LogP contribution in [0.15, 0.2) is 39.4 Å². The second-order valence-electron chi connectivity index (χ2n) is 7.73. The number of halogens is 1. The van der Waals surface area contributed by atoms with Gasteiger partial charge in [-0.05, 0) is 58.7 Å². The Morgan fingerprint density at radius 1 is 1.14 bits per heavy atom. The normalized spacial score (nSPS) is 18.9. The fraction of sp³-hybridized carbons (Fsp3) is 0.476. The molecule has 2 aliphatic rings. The summed E-state index contributed by atoms with van der Waals surface area (Å²) in [4.78, 5) is 19.6. The molecular weight excluding hydrogens is 420 g/mol. The fourth-order valence-electron chi connectivity index (χ4n) is 4.10. The molecular formula is C21H27BrN4O2. The van der Waals surface area contributed by atoms with Crippen LogP contribution in [0.5, 0.6) is 0 Å². The summed E-state index contributed by atoms with van der Waals surface area (Å²) in [6, 6.07) is 10.4. The summed E-state index contributed by atoms with van der Waals surface area (Å²) >= 11 is 3.26. The molecule has 1 atom stereocenters. The van der Waals surface area contributed by atoms with Gasteiger partial charge in [0, 0.05) is 52.0 Å². The van der Waals surface area contributed by atoms with Gasteiger partial charge in [-0.2, -0.15) is 0 Å². The van der Waals surface area contributed by atoms with Crippen LogP contribution in [-0.2, 0) is 6.42 Å². The van der Waals surface area contributed by atoms with Gasteiger partial charge in [-0.3, -0.25) is 9.69 Å². The highest BCUT2D eigenvalue weighted by atomic mass is 79.9. The topological polar surface area (TPSA) is 52.0 Å². The van der Waals surface area contributed by atoms with Gasteiger partial charge >= 0.3 is 0 Å². The van der Waals surface area contributed by atoms with E-state index in [4.69, 9.17) is 4.42 Å². The molecule has 2 aromatic rings. The zero-order valence-corrected chi connectivity index (χ0v) is 18.0. The van der Waals surface area contributed by atoms with E-state index in [0.717, 1.165) is 39.1 Å². The van der Waals surface area contributed by atoms with Crippen LogP contribution in [0.25, 0.3) is 0 Å². The van der Waals surface area contributed by atoms with Crippen LogP contribution in [0.4, 0.5) is 5.69 Å². The Labute approximate surface area is 174 Å². The number of piperazine rings is 1. The molecule has 2 aliphatic heterocycles. The maximum Gasteiger partial charge on any atom is 0.287 e. The summed E-state index contributed by atoms with van der Waals surface area (Å²) in [6.45, 7) is 5.73. The molecule has 1 N–H and O–H groups in total. The van der Waals surface area contributed by atoms with E-state index >= 15 is 0 Å². The van der Waals surface area contributed by atoms with E-state index in [2.05, 4.69) is 68.2 Å². The smallest absolute Gasteiger partial charge is 0.287 e. The molecule has 3 heterocycles. The first-order chi connectivity index (χ1) is 13.5. The first-order valence-electron chi connectivity index (χ1n) is 9.81. The van der Waals surface area contributed by atoms with Crippen molar-refractivity contribution in [2.45, 2.75) is 12.5 Å². The fourth-order valence-corrected chi connectivity index (χ4v) is 4.40. The Kier molecular flexibility index (Phi) is 5.75. The lowest BCUT2D eigenvalue weighted by Crippen LogP contribution is -2.48. The highest BCUT2D eigenvalue weighted by molar-refractivity contribution is 9.10. The summed E-state index contributed by atoms with van der Waals surface area (Å²) < 4.78 is 5.96. The van der Waals surface area contributed by atoms with Crippen molar-refractivity contribution in [3.05, 3.63) is 51.9 Å². The Bertz CT molecular complexity index is 845. The van der Waals surface area contributed by atoms with Gasteiger partial charge in [0.2, 0.25) is 0 Å². The molecule has 28 heavy (non-hydrogen) atoms. The molecule has 1 saturated heterocycles. The first-order valence-corrected chi connectivity index (χ1v) is 10.6. The first kappa shape index (κ1) is 19.5. The van der Waals surface area contributed by atoms with E-state index in [1.807, 2.05) is 0 Å². The summed E-state index contributed by atoms with van der Waals surface area (Å²) in [5.41, 5.74) is 4.00. The summed E-state index contributed by atoms with van der Waals surface area (Å²) in [5.74, 6) is 0.158. The third kappa shape index (κ3) is 4.11. The van der Waals surface area contributed by atoms with Crippen molar-refractivity contribution in [1.29, 1.82) is 0 Å². The monoisotopic (exact) mass is 446 g/mol. The maximum absolute atomic E-state index is 12.5. The van der Waals surface area contributed by atoms with Gasteiger partial charge in [-0.15, -0.1) is 0 Å². The maximum atomic E-state index is 12.5. The summed E-state index contributed by atoms with van der Waals surface area (Å²) in [5, 5.41) is 3.08. The zero-order chi connectivity index (χ0) is 19.7. The molecule has 1 fully saturated rings. The lowest BCUT2D eigenvalue weighted by molar-refractivity contribution is 0.0862. The van der Waals surface area contributed by atoms with E-state index < -0.39 is 0 Å². The van der Waals surface area contributed by atoms with Gasteiger partial charge in [-0.1, -0.05) is 12.1 Å². The van der Waals surface area contributed by atoms with E-state index in [1.165, 1.54) is 16.8 Å². The number of likely N-dealkylation sites (N-methyl/N-ethyl adjacent to an activating group) is 2. The molecule has 7 heteroatoms. The Hall–Kier alpha value is -1.83. The van der Waals surface area contributed by atoms with Crippen molar-refractivity contribution >= 4 is 27.5 Å². The van der Waals surface area contributed by atoms with Crippen LogP contribution in [0.1, 0.15) is 27.7 Å². The lowest BCUT2D eigenvalue weighted by Gasteiger charge is -2.38. The standard InChI is InChI=1S/C21H27BrN4O2/c1-24-9-11-26(12-10-24)18(14-23-21(27)19-5-6-20(22)28-19)15-3-4-17-16(13-15)7-8-25(17)2/h3-6,13,18H,7-12,14H2,1-2H3,(H,23,27)/t18-/m1/s1. The van der Waals surface area contributed by atoms with E-state index in [0.29, 0.717) is 17.0 Å². The highest BCUT2D eigenvalue weighted by Gasteiger charge is 2.26. The number of benzene rings is 1. The number of carbonyl (C=O) groups is 1.